The Balaban J connectivity index is 1.60. The van der Waals surface area contributed by atoms with E-state index in [0.29, 0.717) is 5.75 Å². The Morgan fingerprint density at radius 1 is 0.719 bits per heavy atom. The number of fused-ring (bicyclic) bond motifs is 1. The molecule has 0 N–H and O–H groups in total. The second kappa shape index (κ2) is 8.40. The molecule has 3 heteroatoms. The zero-order valence-electron chi connectivity index (χ0n) is 17.3. The van der Waals surface area contributed by atoms with Crippen LogP contribution in [0.3, 0.4) is 0 Å². The lowest BCUT2D eigenvalue weighted by Crippen LogP contribution is -2.02. The van der Waals surface area contributed by atoms with Gasteiger partial charge in [-0.3, -0.25) is 0 Å². The summed E-state index contributed by atoms with van der Waals surface area (Å²) in [6.45, 7) is 3.43. The lowest BCUT2D eigenvalue weighted by Gasteiger charge is -2.05. The van der Waals surface area contributed by atoms with Crippen molar-refractivity contribution in [1.82, 2.24) is 0 Å². The highest BCUT2D eigenvalue weighted by molar-refractivity contribution is 5.89. The van der Waals surface area contributed by atoms with Crippen LogP contribution < -0.4 is 4.74 Å². The smallest absolute Gasteiger partial charge is 0.335 e. The minimum atomic E-state index is -0.487. The number of hydrogen-bond donors (Lipinski definition) is 0. The first-order chi connectivity index (χ1) is 15.7. The average Bonchev–Trinajstić information content (AvgIpc) is 3.30. The van der Waals surface area contributed by atoms with Gasteiger partial charge in [-0.05, 0) is 52.7 Å². The molecule has 5 aromatic rings. The van der Waals surface area contributed by atoms with E-state index in [1.165, 1.54) is 5.39 Å². The number of benzene rings is 4. The number of esters is 1. The molecule has 0 spiro atoms. The van der Waals surface area contributed by atoms with E-state index in [1.807, 2.05) is 42.5 Å². The lowest BCUT2D eigenvalue weighted by molar-refractivity contribution is -0.128. The molecule has 0 saturated heterocycles. The normalized spacial score (nSPS) is 10.8. The number of ether oxygens (including phenoxy) is 1. The van der Waals surface area contributed by atoms with E-state index in [0.717, 1.165) is 45.2 Å². The highest BCUT2D eigenvalue weighted by Crippen LogP contribution is 2.39. The maximum absolute atomic E-state index is 11.5. The van der Waals surface area contributed by atoms with Gasteiger partial charge in [0.05, 0.1) is 0 Å². The monoisotopic (exact) mass is 416 g/mol. The predicted molar refractivity (Wildman–Crippen MR) is 128 cm³/mol. The Labute approximate surface area is 186 Å². The molecule has 0 fully saturated rings. The van der Waals surface area contributed by atoms with Crippen molar-refractivity contribution >= 4 is 16.7 Å². The van der Waals surface area contributed by atoms with Gasteiger partial charge >= 0.3 is 5.97 Å². The van der Waals surface area contributed by atoms with Gasteiger partial charge in [0, 0.05) is 22.8 Å². The summed E-state index contributed by atoms with van der Waals surface area (Å²) in [5.41, 5.74) is 3.99. The van der Waals surface area contributed by atoms with E-state index in [4.69, 9.17) is 9.15 Å². The highest BCUT2D eigenvalue weighted by atomic mass is 16.5. The van der Waals surface area contributed by atoms with Crippen LogP contribution in [0.25, 0.3) is 44.5 Å². The Kier molecular flexibility index (Phi) is 5.14. The largest absolute Gasteiger partial charge is 0.455 e. The molecule has 0 aliphatic heterocycles. The van der Waals surface area contributed by atoms with E-state index in [2.05, 4.69) is 55.1 Å². The van der Waals surface area contributed by atoms with Gasteiger partial charge in [-0.25, -0.2) is 4.79 Å². The third-order valence-electron chi connectivity index (χ3n) is 5.35. The van der Waals surface area contributed by atoms with E-state index < -0.39 is 5.97 Å². The molecule has 0 aliphatic carbocycles. The zero-order chi connectivity index (χ0) is 21.9. The summed E-state index contributed by atoms with van der Waals surface area (Å²) in [6, 6.07) is 34.1. The van der Waals surface area contributed by atoms with Crippen LogP contribution in [0.2, 0.25) is 0 Å². The van der Waals surface area contributed by atoms with Crippen molar-refractivity contribution in [1.29, 1.82) is 0 Å². The van der Waals surface area contributed by atoms with Gasteiger partial charge < -0.3 is 9.15 Å². The number of rotatable bonds is 5. The van der Waals surface area contributed by atoms with E-state index in [1.54, 1.807) is 12.1 Å². The lowest BCUT2D eigenvalue weighted by atomic mass is 10.0. The molecule has 32 heavy (non-hydrogen) atoms. The molecular formula is C29H20O3. The Morgan fingerprint density at radius 3 is 2.16 bits per heavy atom. The van der Waals surface area contributed by atoms with Crippen LogP contribution in [0.15, 0.2) is 120 Å². The van der Waals surface area contributed by atoms with E-state index in [9.17, 15) is 4.79 Å². The van der Waals surface area contributed by atoms with Gasteiger partial charge in [-0.2, -0.15) is 0 Å². The first-order valence-electron chi connectivity index (χ1n) is 10.3. The maximum atomic E-state index is 11.5. The second-order valence-corrected chi connectivity index (χ2v) is 7.43. The van der Waals surface area contributed by atoms with Gasteiger partial charge in [0.2, 0.25) is 0 Å². The quantitative estimate of drug-likeness (QED) is 0.169. The molecule has 0 atom stereocenters. The standard InChI is InChI=1S/C29H20O3/c1-2-28(30)31-25-16-14-22(15-17-25)29-26(21-9-4-3-5-10-21)19-27(32-29)24-13-12-20-8-6-7-11-23(20)18-24/h2-19H,1H2. The Morgan fingerprint density at radius 2 is 1.41 bits per heavy atom. The van der Waals surface area contributed by atoms with E-state index >= 15 is 0 Å². The molecule has 154 valence electrons. The molecule has 1 heterocycles. The summed E-state index contributed by atoms with van der Waals surface area (Å²) in [4.78, 5) is 11.5. The fraction of sp³-hybridized carbons (Fsp3) is 0. The van der Waals surface area contributed by atoms with Gasteiger partial charge in [0.25, 0.3) is 0 Å². The summed E-state index contributed by atoms with van der Waals surface area (Å²) in [6.07, 6.45) is 1.14. The molecule has 3 nitrogen and oxygen atoms in total. The van der Waals surface area contributed by atoms with Crippen molar-refractivity contribution in [2.75, 3.05) is 0 Å². The molecule has 0 radical (unpaired) electrons. The third-order valence-corrected chi connectivity index (χ3v) is 5.35. The van der Waals surface area contributed by atoms with Crippen LogP contribution in [-0.2, 0) is 4.79 Å². The molecule has 0 aliphatic rings. The van der Waals surface area contributed by atoms with Crippen LogP contribution in [0.5, 0.6) is 5.75 Å². The molecule has 0 saturated carbocycles. The van der Waals surface area contributed by atoms with Crippen LogP contribution in [0.4, 0.5) is 0 Å². The molecule has 0 unspecified atom stereocenters. The second-order valence-electron chi connectivity index (χ2n) is 7.43. The first-order valence-corrected chi connectivity index (χ1v) is 10.3. The molecule has 0 bridgehead atoms. The third kappa shape index (κ3) is 3.84. The number of carbonyl (C=O) groups excluding carboxylic acids is 1. The van der Waals surface area contributed by atoms with Crippen molar-refractivity contribution in [3.63, 3.8) is 0 Å². The summed E-state index contributed by atoms with van der Waals surface area (Å²) in [7, 11) is 0. The topological polar surface area (TPSA) is 39.4 Å². The molecule has 1 aromatic heterocycles. The SMILES string of the molecule is C=CC(=O)Oc1ccc(-c2oc(-c3ccc4ccccc4c3)cc2-c2ccccc2)cc1. The van der Waals surface area contributed by atoms with Crippen molar-refractivity contribution in [3.05, 3.63) is 116 Å². The van der Waals surface area contributed by atoms with Crippen molar-refractivity contribution in [2.24, 2.45) is 0 Å². The molecular weight excluding hydrogens is 396 g/mol. The highest BCUT2D eigenvalue weighted by Gasteiger charge is 2.16. The summed E-state index contributed by atoms with van der Waals surface area (Å²) in [5.74, 6) is 1.54. The molecule has 0 amide bonds. The first kappa shape index (κ1) is 19.6. The number of hydrogen-bond acceptors (Lipinski definition) is 3. The summed E-state index contributed by atoms with van der Waals surface area (Å²) >= 11 is 0. The maximum Gasteiger partial charge on any atom is 0.335 e. The predicted octanol–water partition coefficient (Wildman–Crippen LogP) is 7.53. The minimum Gasteiger partial charge on any atom is -0.455 e. The van der Waals surface area contributed by atoms with Crippen molar-refractivity contribution in [3.8, 4) is 39.5 Å². The van der Waals surface area contributed by atoms with Crippen LogP contribution >= 0.6 is 0 Å². The fourth-order valence-corrected chi connectivity index (χ4v) is 3.75. The molecule has 4 aromatic carbocycles. The fourth-order valence-electron chi connectivity index (χ4n) is 3.75. The van der Waals surface area contributed by atoms with Crippen molar-refractivity contribution < 1.29 is 13.9 Å². The van der Waals surface area contributed by atoms with E-state index in [-0.39, 0.29) is 0 Å². The van der Waals surface area contributed by atoms with Crippen LogP contribution in [-0.4, -0.2) is 5.97 Å². The van der Waals surface area contributed by atoms with Gasteiger partial charge in [0.1, 0.15) is 17.3 Å². The van der Waals surface area contributed by atoms with Gasteiger partial charge in [0.15, 0.2) is 0 Å². The van der Waals surface area contributed by atoms with Crippen LogP contribution in [0.1, 0.15) is 0 Å². The summed E-state index contributed by atoms with van der Waals surface area (Å²) < 4.78 is 11.6. The van der Waals surface area contributed by atoms with Gasteiger partial charge in [-0.1, -0.05) is 73.3 Å². The Hall–Kier alpha value is -4.37. The average molecular weight is 416 g/mol. The van der Waals surface area contributed by atoms with Gasteiger partial charge in [-0.15, -0.1) is 0 Å². The summed E-state index contributed by atoms with van der Waals surface area (Å²) in [5, 5.41) is 2.36. The Bertz CT molecular complexity index is 1410. The number of furan rings is 1. The van der Waals surface area contributed by atoms with Crippen LogP contribution in [0, 0.1) is 0 Å². The van der Waals surface area contributed by atoms with Crippen molar-refractivity contribution in [2.45, 2.75) is 0 Å². The zero-order valence-corrected chi connectivity index (χ0v) is 17.3. The molecule has 5 rings (SSSR count). The minimum absolute atomic E-state index is 0.459. The number of carbonyl (C=O) groups is 1.